The average molecular weight is 374 g/mol. The Bertz CT molecular complexity index is 950. The number of nitrogens with zero attached hydrogens (tertiary/aromatic N) is 6. The number of aryl methyl sites for hydroxylation is 1. The number of rotatable bonds is 5. The highest BCUT2D eigenvalue weighted by molar-refractivity contribution is 5.82. The highest BCUT2D eigenvalue weighted by Gasteiger charge is 2.34. The van der Waals surface area contributed by atoms with Crippen molar-refractivity contribution < 1.29 is 19.4 Å². The number of hydrazone groups is 1. The van der Waals surface area contributed by atoms with Gasteiger partial charge in [0.1, 0.15) is 6.20 Å². The van der Waals surface area contributed by atoms with Gasteiger partial charge in [-0.25, -0.2) is 9.55 Å². The number of ether oxygens (including phenoxy) is 1. The van der Waals surface area contributed by atoms with E-state index in [1.807, 2.05) is 0 Å². The summed E-state index contributed by atoms with van der Waals surface area (Å²) in [5, 5.41) is 27.0. The van der Waals surface area contributed by atoms with Crippen LogP contribution in [0.15, 0.2) is 35.6 Å². The van der Waals surface area contributed by atoms with E-state index in [0.29, 0.717) is 11.4 Å². The van der Waals surface area contributed by atoms with Crippen molar-refractivity contribution in [3.8, 4) is 0 Å². The Hall–Kier alpha value is -3.83. The molecular weight excluding hydrogens is 360 g/mol. The van der Waals surface area contributed by atoms with E-state index in [4.69, 9.17) is 4.74 Å². The van der Waals surface area contributed by atoms with E-state index in [1.54, 1.807) is 6.92 Å². The molecule has 140 valence electrons. The number of aromatic nitrogens is 2. The SMILES string of the molecule is CC(=O)N1N=C(Cn2c([N+](=O)[O-])cnc2C)OC1c1ccc([N+](=O)[O-])cc1. The molecule has 0 bridgehead atoms. The van der Waals surface area contributed by atoms with Crippen LogP contribution in [0, 0.1) is 27.2 Å². The van der Waals surface area contributed by atoms with Crippen molar-refractivity contribution in [1.29, 1.82) is 0 Å². The van der Waals surface area contributed by atoms with Crippen LogP contribution in [0.2, 0.25) is 0 Å². The minimum absolute atomic E-state index is 0.0813. The summed E-state index contributed by atoms with van der Waals surface area (Å²) in [6.07, 6.45) is 0.211. The van der Waals surface area contributed by atoms with Crippen LogP contribution in [-0.2, 0) is 16.1 Å². The van der Waals surface area contributed by atoms with Crippen LogP contribution >= 0.6 is 0 Å². The topological polar surface area (TPSA) is 146 Å². The smallest absolute Gasteiger partial charge is 0.343 e. The Kier molecular flexibility index (Phi) is 4.54. The minimum atomic E-state index is -0.916. The molecule has 3 rings (SSSR count). The first-order valence-electron chi connectivity index (χ1n) is 7.72. The number of non-ortho nitro benzene ring substituents is 1. The molecule has 12 nitrogen and oxygen atoms in total. The molecule has 27 heavy (non-hydrogen) atoms. The lowest BCUT2D eigenvalue weighted by atomic mass is 10.2. The number of hydrogen-bond donors (Lipinski definition) is 0. The van der Waals surface area contributed by atoms with Crippen LogP contribution in [0.3, 0.4) is 0 Å². The maximum Gasteiger partial charge on any atom is 0.343 e. The van der Waals surface area contributed by atoms with Gasteiger partial charge in [0.05, 0.1) is 4.92 Å². The molecule has 1 aliphatic rings. The lowest BCUT2D eigenvalue weighted by Crippen LogP contribution is -2.25. The molecule has 0 spiro atoms. The van der Waals surface area contributed by atoms with Crippen molar-refractivity contribution >= 4 is 23.3 Å². The number of imidazole rings is 1. The predicted molar refractivity (Wildman–Crippen MR) is 90.5 cm³/mol. The van der Waals surface area contributed by atoms with Gasteiger partial charge in [0.25, 0.3) is 11.6 Å². The average Bonchev–Trinajstić information content (AvgIpc) is 3.20. The van der Waals surface area contributed by atoms with E-state index in [9.17, 15) is 25.0 Å². The lowest BCUT2D eigenvalue weighted by molar-refractivity contribution is -0.392. The largest absolute Gasteiger partial charge is 0.446 e. The van der Waals surface area contributed by atoms with Crippen LogP contribution in [0.5, 0.6) is 0 Å². The quantitative estimate of drug-likeness (QED) is 0.573. The van der Waals surface area contributed by atoms with Crippen molar-refractivity contribution in [2.75, 3.05) is 0 Å². The van der Waals surface area contributed by atoms with Crippen molar-refractivity contribution in [2.24, 2.45) is 5.10 Å². The fourth-order valence-electron chi connectivity index (χ4n) is 2.58. The Morgan fingerprint density at radius 3 is 2.44 bits per heavy atom. The standard InChI is InChI=1S/C15H14N6O6/c1-9-16-7-14(21(25)26)18(9)8-13-17-19(10(2)22)15(27-13)11-3-5-12(6-4-11)20(23)24/h3-7,15H,8H2,1-2H3. The number of benzene rings is 1. The Morgan fingerprint density at radius 1 is 1.22 bits per heavy atom. The molecule has 0 fully saturated rings. The first-order valence-corrected chi connectivity index (χ1v) is 7.72. The number of amides is 1. The van der Waals surface area contributed by atoms with E-state index < -0.39 is 22.0 Å². The summed E-state index contributed by atoms with van der Waals surface area (Å²) >= 11 is 0. The number of nitro benzene ring substituents is 1. The zero-order chi connectivity index (χ0) is 19.7. The van der Waals surface area contributed by atoms with E-state index in [-0.39, 0.29) is 23.9 Å². The molecule has 0 saturated heterocycles. The summed E-state index contributed by atoms with van der Waals surface area (Å²) in [4.78, 5) is 36.6. The van der Waals surface area contributed by atoms with Crippen molar-refractivity contribution in [3.05, 3.63) is 62.1 Å². The molecule has 1 aliphatic heterocycles. The van der Waals surface area contributed by atoms with E-state index in [0.717, 1.165) is 11.2 Å². The van der Waals surface area contributed by atoms with Gasteiger partial charge in [0.15, 0.2) is 12.4 Å². The molecule has 1 atom stereocenters. The first-order chi connectivity index (χ1) is 12.8. The summed E-state index contributed by atoms with van der Waals surface area (Å²) in [7, 11) is 0. The molecule has 1 unspecified atom stereocenters. The van der Waals surface area contributed by atoms with Crippen LogP contribution < -0.4 is 0 Å². The van der Waals surface area contributed by atoms with E-state index in [1.165, 1.54) is 35.8 Å². The summed E-state index contributed by atoms with van der Waals surface area (Å²) in [5.74, 6) is -0.170. The van der Waals surface area contributed by atoms with Crippen LogP contribution in [0.4, 0.5) is 11.5 Å². The second kappa shape index (κ2) is 6.82. The molecule has 12 heteroatoms. The van der Waals surface area contributed by atoms with E-state index >= 15 is 0 Å². The van der Waals surface area contributed by atoms with Gasteiger partial charge in [-0.2, -0.15) is 5.01 Å². The molecule has 0 N–H and O–H groups in total. The van der Waals surface area contributed by atoms with Crippen molar-refractivity contribution in [3.63, 3.8) is 0 Å². The minimum Gasteiger partial charge on any atom is -0.446 e. The van der Waals surface area contributed by atoms with Crippen LogP contribution in [-0.4, -0.2) is 36.2 Å². The van der Waals surface area contributed by atoms with Crippen molar-refractivity contribution in [1.82, 2.24) is 14.6 Å². The number of carbonyl (C=O) groups is 1. The molecular formula is C15H14N6O6. The van der Waals surface area contributed by atoms with Gasteiger partial charge < -0.3 is 14.9 Å². The van der Waals surface area contributed by atoms with Gasteiger partial charge in [0, 0.05) is 31.5 Å². The molecule has 2 heterocycles. The van der Waals surface area contributed by atoms with E-state index in [2.05, 4.69) is 10.1 Å². The second-order valence-electron chi connectivity index (χ2n) is 5.68. The summed E-state index contributed by atoms with van der Waals surface area (Å²) < 4.78 is 7.00. The zero-order valence-electron chi connectivity index (χ0n) is 14.3. The second-order valence-corrected chi connectivity index (χ2v) is 5.68. The monoisotopic (exact) mass is 374 g/mol. The summed E-state index contributed by atoms with van der Waals surface area (Å²) in [5.41, 5.74) is 0.378. The Balaban J connectivity index is 1.86. The van der Waals surface area contributed by atoms with Crippen LogP contribution in [0.1, 0.15) is 24.5 Å². The third-order valence-electron chi connectivity index (χ3n) is 3.92. The Labute approximate surface area is 152 Å². The van der Waals surface area contributed by atoms with Gasteiger partial charge in [0.2, 0.25) is 12.1 Å². The lowest BCUT2D eigenvalue weighted by Gasteiger charge is -2.19. The summed E-state index contributed by atoms with van der Waals surface area (Å²) in [6.45, 7) is 2.80. The van der Waals surface area contributed by atoms with Gasteiger partial charge >= 0.3 is 5.82 Å². The first kappa shape index (κ1) is 18.0. The fraction of sp³-hybridized carbons (Fsp3) is 0.267. The van der Waals surface area contributed by atoms with Crippen molar-refractivity contribution in [2.45, 2.75) is 26.6 Å². The molecule has 0 radical (unpaired) electrons. The molecule has 0 aliphatic carbocycles. The molecule has 1 aromatic heterocycles. The van der Waals surface area contributed by atoms with Gasteiger partial charge in [-0.15, -0.1) is 5.10 Å². The van der Waals surface area contributed by atoms with Gasteiger partial charge in [-0.3, -0.25) is 14.9 Å². The maximum absolute atomic E-state index is 11.9. The fourth-order valence-corrected chi connectivity index (χ4v) is 2.58. The number of nitro groups is 2. The number of carbonyl (C=O) groups excluding carboxylic acids is 1. The third-order valence-corrected chi connectivity index (χ3v) is 3.92. The highest BCUT2D eigenvalue weighted by atomic mass is 16.6. The Morgan fingerprint density at radius 2 is 1.89 bits per heavy atom. The normalized spacial score (nSPS) is 16.0. The molecule has 1 aromatic carbocycles. The molecule has 0 saturated carbocycles. The van der Waals surface area contributed by atoms with Gasteiger partial charge in [-0.1, -0.05) is 0 Å². The third kappa shape index (κ3) is 3.44. The predicted octanol–water partition coefficient (Wildman–Crippen LogP) is 1.90. The summed E-state index contributed by atoms with van der Waals surface area (Å²) in [6, 6.07) is 5.50. The van der Waals surface area contributed by atoms with Crippen LogP contribution in [0.25, 0.3) is 0 Å². The zero-order valence-corrected chi connectivity index (χ0v) is 14.3. The highest BCUT2D eigenvalue weighted by Crippen LogP contribution is 2.30. The maximum atomic E-state index is 11.9. The molecule has 2 aromatic rings. The van der Waals surface area contributed by atoms with Gasteiger partial charge in [-0.05, 0) is 17.1 Å². The number of hydrogen-bond acceptors (Lipinski definition) is 8. The molecule has 1 amide bonds.